The summed E-state index contributed by atoms with van der Waals surface area (Å²) in [7, 11) is 8.40. The molecule has 2 unspecified atom stereocenters. The zero-order valence-corrected chi connectivity index (χ0v) is 62.4. The average Bonchev–Trinajstić information content (AvgIpc) is 1.79. The molecule has 0 aromatic heterocycles. The quantitative estimate of drug-likeness (QED) is 0.0428. The van der Waals surface area contributed by atoms with E-state index in [-0.39, 0.29) is 137 Å². The highest BCUT2D eigenvalue weighted by atomic mass is 16.5. The molecule has 11 N–H and O–H groups in total. The maximum atomic E-state index is 14.6. The lowest BCUT2D eigenvalue weighted by atomic mass is 9.89. The third kappa shape index (κ3) is 27.2. The molecule has 2 fully saturated rings. The maximum absolute atomic E-state index is 14.6. The molecule has 28 nitrogen and oxygen atoms in total. The van der Waals surface area contributed by atoms with E-state index in [0.29, 0.717) is 56.4 Å². The van der Waals surface area contributed by atoms with Crippen molar-refractivity contribution in [3.8, 4) is 0 Å². The molecule has 13 atom stereocenters. The Morgan fingerprint density at radius 2 is 1.27 bits per heavy atom. The first-order valence-electron chi connectivity index (χ1n) is 35.8. The van der Waals surface area contributed by atoms with Crippen LogP contribution in [-0.4, -0.2) is 227 Å². The summed E-state index contributed by atoms with van der Waals surface area (Å²) < 4.78 is 23.4. The van der Waals surface area contributed by atoms with Crippen molar-refractivity contribution in [3.05, 3.63) is 65.7 Å². The molecule has 2 saturated heterocycles. The monoisotopic (exact) mass is 1420 g/mol. The molecule has 28 heteroatoms. The number of carbonyl (C=O) groups is 11. The Bertz CT molecular complexity index is 2990. The SMILES string of the molecule is CC[C@H](C)[C@@H]([C@@H](CC(=O)N1CCC[C@H]1[C@H](OC)[C@@H](C)C(=O)N[C@@H](Cc1ccccc1)C(=O)NCc1ccc(NC(=O)[C@H](CCCNC(N)=O)NC(=O)[C@@H](NC(=O)CCOCCOCCC(=O)N2CCC(C(N)=O)CC2C)C(C)C)cc1)OC)N(C)C(=O)[C@@H](NC(=O)[C@H](C(C)C)N(C)C)C(C)C. The van der Waals surface area contributed by atoms with E-state index in [1.54, 1.807) is 66.8 Å². The van der Waals surface area contributed by atoms with Crippen LogP contribution in [0, 0.1) is 35.5 Å². The summed E-state index contributed by atoms with van der Waals surface area (Å²) in [6.07, 6.45) is 1.95. The lowest BCUT2D eigenvalue weighted by Gasteiger charge is -2.41. The van der Waals surface area contributed by atoms with Crippen LogP contribution < -0.4 is 48.7 Å². The van der Waals surface area contributed by atoms with Gasteiger partial charge in [-0.25, -0.2) is 4.79 Å². The van der Waals surface area contributed by atoms with E-state index in [1.807, 2.05) is 97.8 Å². The van der Waals surface area contributed by atoms with Crippen molar-refractivity contribution in [3.63, 3.8) is 0 Å². The lowest BCUT2D eigenvalue weighted by Crippen LogP contribution is -2.59. The number of benzene rings is 2. The second-order valence-electron chi connectivity index (χ2n) is 28.2. The molecule has 566 valence electrons. The molecule has 0 aliphatic carbocycles. The van der Waals surface area contributed by atoms with E-state index in [4.69, 9.17) is 30.4 Å². The highest BCUT2D eigenvalue weighted by molar-refractivity contribution is 5.98. The Hall–Kier alpha value is -7.79. The minimum absolute atomic E-state index is 0.00796. The highest BCUT2D eigenvalue weighted by Gasteiger charge is 2.44. The number of urea groups is 1. The summed E-state index contributed by atoms with van der Waals surface area (Å²) in [5, 5.41) is 19.8. The number of nitrogens with zero attached hydrogens (tertiary/aromatic N) is 4. The van der Waals surface area contributed by atoms with Gasteiger partial charge < -0.3 is 82.3 Å². The molecule has 4 rings (SSSR count). The fraction of sp³-hybridized carbons (Fsp3) is 0.685. The standard InChI is InChI=1S/C73H119N13O15/c1-16-47(8)64(84(13)72(96)62(45(4)5)82-71(95)63(46(6)7)83(11)12)57(98-14)42-60(89)86-34-21-25-56(86)65(99-15)49(10)67(91)80-55(41-50-22-18-17-19-23-50)68(92)77-43-51-26-28-53(29-27-51)78-69(93)54(24-20-33-76-73(75)97)79-70(94)61(44(2)3)81-58(87)31-36-100-38-39-101-37-32-59(88)85-35-30-52(66(74)90)40-48(85)9/h17-19,22-23,26-29,44-49,52,54-57,61-65H,16,20-21,24-25,30-43H2,1-15H3,(H2,74,90)(H,77,92)(H,78,93)(H,79,94)(H,80,91)(H,81,87)(H,82,95)(H3,75,76,97)/t47-,48?,49+,52?,54-,55-,56-,57+,61-,62-,63-,64-,65+/m0/s1. The number of carbonyl (C=O) groups excluding carboxylic acids is 11. The smallest absolute Gasteiger partial charge is 0.312 e. The second-order valence-corrected chi connectivity index (χ2v) is 28.2. The topological polar surface area (TPSA) is 374 Å². The number of likely N-dealkylation sites (tertiary alicyclic amines) is 2. The largest absolute Gasteiger partial charge is 0.379 e. The Morgan fingerprint density at radius 1 is 0.634 bits per heavy atom. The number of piperidine rings is 1. The van der Waals surface area contributed by atoms with E-state index in [1.165, 1.54) is 14.2 Å². The van der Waals surface area contributed by atoms with Gasteiger partial charge in [-0.2, -0.15) is 0 Å². The highest BCUT2D eigenvalue weighted by Crippen LogP contribution is 2.31. The van der Waals surface area contributed by atoms with Gasteiger partial charge in [0.25, 0.3) is 0 Å². The van der Waals surface area contributed by atoms with Crippen LogP contribution in [-0.2, 0) is 79.9 Å². The van der Waals surface area contributed by atoms with Crippen molar-refractivity contribution in [1.82, 2.24) is 51.5 Å². The van der Waals surface area contributed by atoms with Crippen LogP contribution in [0.2, 0.25) is 0 Å². The number of methoxy groups -OCH3 is 2. The van der Waals surface area contributed by atoms with Crippen LogP contribution in [0.3, 0.4) is 0 Å². The first-order valence-corrected chi connectivity index (χ1v) is 35.8. The number of primary amides is 2. The Kier molecular flexibility index (Phi) is 36.6. The molecule has 0 radical (unpaired) electrons. The Balaban J connectivity index is 1.37. The van der Waals surface area contributed by atoms with Crippen LogP contribution in [0.1, 0.15) is 145 Å². The zero-order chi connectivity index (χ0) is 75.2. The first-order chi connectivity index (χ1) is 47.8. The van der Waals surface area contributed by atoms with Crippen molar-refractivity contribution < 1.29 is 71.7 Å². The molecule has 2 aliphatic heterocycles. The van der Waals surface area contributed by atoms with E-state index in [0.717, 1.165) is 5.56 Å². The number of anilines is 1. The fourth-order valence-electron chi connectivity index (χ4n) is 13.4. The second kappa shape index (κ2) is 43.2. The summed E-state index contributed by atoms with van der Waals surface area (Å²) in [6.45, 7) is 20.4. The molecule has 12 amide bonds. The molecule has 0 bridgehead atoms. The predicted molar refractivity (Wildman–Crippen MR) is 384 cm³/mol. The molecule has 2 aromatic carbocycles. The number of hydrogen-bond donors (Lipinski definition) is 9. The first kappa shape index (κ1) is 85.6. The number of ether oxygens (including phenoxy) is 4. The number of hydrogen-bond acceptors (Lipinski definition) is 16. The van der Waals surface area contributed by atoms with Crippen molar-refractivity contribution in [2.24, 2.45) is 47.0 Å². The molecule has 101 heavy (non-hydrogen) atoms. The zero-order valence-electron chi connectivity index (χ0n) is 62.4. The van der Waals surface area contributed by atoms with Gasteiger partial charge in [-0.15, -0.1) is 0 Å². The van der Waals surface area contributed by atoms with E-state index in [9.17, 15) is 52.7 Å². The van der Waals surface area contributed by atoms with Crippen LogP contribution in [0.25, 0.3) is 0 Å². The Morgan fingerprint density at radius 3 is 1.83 bits per heavy atom. The van der Waals surface area contributed by atoms with Crippen molar-refractivity contribution in [2.75, 3.05) is 86.7 Å². The van der Waals surface area contributed by atoms with Crippen LogP contribution in [0.4, 0.5) is 10.5 Å². The molecule has 2 aromatic rings. The summed E-state index contributed by atoms with van der Waals surface area (Å²) in [5.41, 5.74) is 12.5. The number of amides is 12. The van der Waals surface area contributed by atoms with Crippen molar-refractivity contribution >= 4 is 70.8 Å². The average molecular weight is 1420 g/mol. The number of rotatable bonds is 43. The summed E-state index contributed by atoms with van der Waals surface area (Å²) in [4.78, 5) is 155. The fourth-order valence-corrected chi connectivity index (χ4v) is 13.4. The summed E-state index contributed by atoms with van der Waals surface area (Å²) in [6, 6.07) is 9.53. The molecule has 0 spiro atoms. The molecular weight excluding hydrogens is 1300 g/mol. The van der Waals surface area contributed by atoms with Crippen LogP contribution in [0.5, 0.6) is 0 Å². The number of nitrogens with two attached hydrogens (primary N) is 2. The maximum Gasteiger partial charge on any atom is 0.312 e. The van der Waals surface area contributed by atoms with Crippen LogP contribution in [0.15, 0.2) is 54.6 Å². The van der Waals surface area contributed by atoms with Gasteiger partial charge in [0.15, 0.2) is 0 Å². The van der Waals surface area contributed by atoms with Crippen molar-refractivity contribution in [1.29, 1.82) is 0 Å². The predicted octanol–water partition coefficient (Wildman–Crippen LogP) is 3.62. The molecule has 2 aliphatic rings. The summed E-state index contributed by atoms with van der Waals surface area (Å²) in [5.74, 6) is -5.58. The molecular formula is C73H119N13O15. The number of nitrogens with one attached hydrogen (secondary N) is 7. The molecule has 0 saturated carbocycles. The van der Waals surface area contributed by atoms with E-state index >= 15 is 0 Å². The van der Waals surface area contributed by atoms with Gasteiger partial charge in [-0.1, -0.05) is 111 Å². The third-order valence-corrected chi connectivity index (χ3v) is 19.3. The van der Waals surface area contributed by atoms with Gasteiger partial charge in [-0.05, 0) is 106 Å². The van der Waals surface area contributed by atoms with Gasteiger partial charge in [0.05, 0.1) is 75.5 Å². The van der Waals surface area contributed by atoms with Gasteiger partial charge >= 0.3 is 6.03 Å². The minimum Gasteiger partial charge on any atom is -0.379 e. The minimum atomic E-state index is -1.12. The van der Waals surface area contributed by atoms with E-state index in [2.05, 4.69) is 37.2 Å². The van der Waals surface area contributed by atoms with Crippen molar-refractivity contribution in [2.45, 2.75) is 207 Å². The number of likely N-dealkylation sites (N-methyl/N-ethyl adjacent to an activating group) is 2. The Labute approximate surface area is 598 Å². The van der Waals surface area contributed by atoms with Gasteiger partial charge in [0.2, 0.25) is 59.1 Å². The molecule has 2 heterocycles. The third-order valence-electron chi connectivity index (χ3n) is 19.3. The lowest BCUT2D eigenvalue weighted by molar-refractivity contribution is -0.148. The van der Waals surface area contributed by atoms with Gasteiger partial charge in [-0.3, -0.25) is 52.8 Å². The van der Waals surface area contributed by atoms with Gasteiger partial charge in [0.1, 0.15) is 24.2 Å². The van der Waals surface area contributed by atoms with Gasteiger partial charge in [0, 0.05) is 77.9 Å². The van der Waals surface area contributed by atoms with Crippen LogP contribution >= 0.6 is 0 Å². The summed E-state index contributed by atoms with van der Waals surface area (Å²) >= 11 is 0. The normalized spacial score (nSPS) is 18.4. The van der Waals surface area contributed by atoms with E-state index < -0.39 is 102 Å².